The van der Waals surface area contributed by atoms with E-state index in [1.807, 2.05) is 18.2 Å². The van der Waals surface area contributed by atoms with Gasteiger partial charge in [0.15, 0.2) is 5.65 Å². The van der Waals surface area contributed by atoms with Crippen molar-refractivity contribution in [2.75, 3.05) is 5.32 Å². The van der Waals surface area contributed by atoms with E-state index in [-0.39, 0.29) is 0 Å². The molecular formula is C12H10N4O. The van der Waals surface area contributed by atoms with Gasteiger partial charge >= 0.3 is 0 Å². The van der Waals surface area contributed by atoms with Crippen molar-refractivity contribution < 1.29 is 4.42 Å². The van der Waals surface area contributed by atoms with Crippen LogP contribution >= 0.6 is 0 Å². The summed E-state index contributed by atoms with van der Waals surface area (Å²) in [6.07, 6.45) is 6.64. The van der Waals surface area contributed by atoms with Gasteiger partial charge in [-0.05, 0) is 18.2 Å². The lowest BCUT2D eigenvalue weighted by molar-refractivity contribution is 0.564. The number of pyridine rings is 1. The van der Waals surface area contributed by atoms with Crippen molar-refractivity contribution in [3.8, 4) is 0 Å². The van der Waals surface area contributed by atoms with Crippen LogP contribution in [0.2, 0.25) is 0 Å². The zero-order valence-electron chi connectivity index (χ0n) is 9.00. The molecule has 0 aliphatic rings. The van der Waals surface area contributed by atoms with Gasteiger partial charge in [-0.15, -0.1) is 0 Å². The number of furan rings is 1. The van der Waals surface area contributed by atoms with E-state index in [1.165, 1.54) is 0 Å². The van der Waals surface area contributed by atoms with Crippen LogP contribution in [0.25, 0.3) is 11.2 Å². The lowest BCUT2D eigenvalue weighted by atomic mass is 10.3. The monoisotopic (exact) mass is 226 g/mol. The van der Waals surface area contributed by atoms with Gasteiger partial charge in [0.05, 0.1) is 12.5 Å². The molecule has 0 unspecified atom stereocenters. The highest BCUT2D eigenvalue weighted by Crippen LogP contribution is 2.11. The summed E-state index contributed by atoms with van der Waals surface area (Å²) in [5.74, 6) is 0.777. The second-order valence-corrected chi connectivity index (χ2v) is 3.58. The van der Waals surface area contributed by atoms with Crippen LogP contribution in [0.5, 0.6) is 0 Å². The van der Waals surface area contributed by atoms with Crippen molar-refractivity contribution in [2.24, 2.45) is 0 Å². The molecule has 0 atom stereocenters. The van der Waals surface area contributed by atoms with Crippen LogP contribution in [0.15, 0.2) is 47.5 Å². The van der Waals surface area contributed by atoms with Crippen LogP contribution in [0.3, 0.4) is 0 Å². The van der Waals surface area contributed by atoms with Crippen LogP contribution in [0.4, 0.5) is 5.82 Å². The van der Waals surface area contributed by atoms with Crippen molar-refractivity contribution in [1.29, 1.82) is 0 Å². The minimum atomic E-state index is 0.643. The van der Waals surface area contributed by atoms with Crippen molar-refractivity contribution in [1.82, 2.24) is 15.0 Å². The first kappa shape index (κ1) is 9.77. The highest BCUT2D eigenvalue weighted by Gasteiger charge is 2.00. The molecule has 3 heterocycles. The van der Waals surface area contributed by atoms with Gasteiger partial charge in [0.25, 0.3) is 0 Å². The fraction of sp³-hybridized carbons (Fsp3) is 0.0833. The molecule has 0 radical (unpaired) electrons. The number of nitrogens with one attached hydrogen (secondary N) is 1. The van der Waals surface area contributed by atoms with E-state index in [9.17, 15) is 0 Å². The number of nitrogens with zero attached hydrogens (tertiary/aromatic N) is 3. The van der Waals surface area contributed by atoms with Crippen LogP contribution < -0.4 is 5.32 Å². The quantitative estimate of drug-likeness (QED) is 0.741. The average Bonchev–Trinajstić information content (AvgIpc) is 2.89. The van der Waals surface area contributed by atoms with E-state index in [2.05, 4.69) is 20.3 Å². The highest BCUT2D eigenvalue weighted by molar-refractivity contribution is 5.71. The highest BCUT2D eigenvalue weighted by atomic mass is 16.3. The minimum Gasteiger partial charge on any atom is -0.472 e. The maximum Gasteiger partial charge on any atom is 0.180 e. The second kappa shape index (κ2) is 4.21. The zero-order valence-corrected chi connectivity index (χ0v) is 9.00. The van der Waals surface area contributed by atoms with Gasteiger partial charge < -0.3 is 9.73 Å². The summed E-state index contributed by atoms with van der Waals surface area (Å²) in [5.41, 5.74) is 2.51. The van der Waals surface area contributed by atoms with Crippen molar-refractivity contribution in [3.05, 3.63) is 48.7 Å². The molecule has 0 bridgehead atoms. The van der Waals surface area contributed by atoms with Crippen LogP contribution in [0.1, 0.15) is 5.56 Å². The van der Waals surface area contributed by atoms with E-state index >= 15 is 0 Å². The lowest BCUT2D eigenvalue weighted by Gasteiger charge is -2.03. The van der Waals surface area contributed by atoms with Gasteiger partial charge in [-0.3, -0.25) is 4.98 Å². The van der Waals surface area contributed by atoms with E-state index in [0.717, 1.165) is 16.9 Å². The van der Waals surface area contributed by atoms with Gasteiger partial charge in [0.1, 0.15) is 11.3 Å². The number of anilines is 1. The fourth-order valence-electron chi connectivity index (χ4n) is 1.54. The van der Waals surface area contributed by atoms with Gasteiger partial charge in [0, 0.05) is 24.5 Å². The number of aromatic nitrogens is 3. The third-order valence-electron chi connectivity index (χ3n) is 2.39. The predicted molar refractivity (Wildman–Crippen MR) is 63.4 cm³/mol. The zero-order chi connectivity index (χ0) is 11.5. The number of fused-ring (bicyclic) bond motifs is 1. The molecule has 0 saturated carbocycles. The Morgan fingerprint density at radius 2 is 2.06 bits per heavy atom. The Kier molecular flexibility index (Phi) is 2.42. The summed E-state index contributed by atoms with van der Waals surface area (Å²) < 4.78 is 4.99. The van der Waals surface area contributed by atoms with Crippen molar-refractivity contribution in [2.45, 2.75) is 6.54 Å². The first-order valence-corrected chi connectivity index (χ1v) is 5.24. The van der Waals surface area contributed by atoms with Gasteiger partial charge in [-0.2, -0.15) is 0 Å². The Labute approximate surface area is 97.5 Å². The molecule has 0 saturated heterocycles. The van der Waals surface area contributed by atoms with Crippen molar-refractivity contribution in [3.63, 3.8) is 0 Å². The summed E-state index contributed by atoms with van der Waals surface area (Å²) in [5, 5.41) is 3.20. The Morgan fingerprint density at radius 1 is 1.12 bits per heavy atom. The normalized spacial score (nSPS) is 10.6. The third kappa shape index (κ3) is 2.08. The SMILES string of the molecule is c1cnc2nc(NCc3ccoc3)ccc2n1. The Hall–Kier alpha value is -2.43. The smallest absolute Gasteiger partial charge is 0.180 e. The standard InChI is InChI=1S/C12H10N4O/c1-2-11(15-7-9-3-6-17-8-9)16-12-10(1)13-4-5-14-12/h1-6,8H,7H2,(H,14,15,16). The first-order chi connectivity index (χ1) is 8.42. The Morgan fingerprint density at radius 3 is 2.94 bits per heavy atom. The van der Waals surface area contributed by atoms with E-state index in [0.29, 0.717) is 12.2 Å². The van der Waals surface area contributed by atoms with Crippen LogP contribution in [0, 0.1) is 0 Å². The van der Waals surface area contributed by atoms with E-state index in [1.54, 1.807) is 24.9 Å². The molecule has 3 aromatic rings. The summed E-state index contributed by atoms with van der Waals surface area (Å²) in [6.45, 7) is 0.676. The summed E-state index contributed by atoms with van der Waals surface area (Å²) in [4.78, 5) is 12.7. The summed E-state index contributed by atoms with van der Waals surface area (Å²) in [6, 6.07) is 5.69. The number of rotatable bonds is 3. The average molecular weight is 226 g/mol. The molecule has 0 fully saturated rings. The molecule has 0 amide bonds. The fourth-order valence-corrected chi connectivity index (χ4v) is 1.54. The maximum absolute atomic E-state index is 4.99. The molecule has 3 rings (SSSR count). The second-order valence-electron chi connectivity index (χ2n) is 3.58. The van der Waals surface area contributed by atoms with E-state index < -0.39 is 0 Å². The molecule has 0 aliphatic heterocycles. The van der Waals surface area contributed by atoms with E-state index in [4.69, 9.17) is 4.42 Å². The molecule has 17 heavy (non-hydrogen) atoms. The molecule has 0 aliphatic carbocycles. The molecule has 84 valence electrons. The Balaban J connectivity index is 1.81. The van der Waals surface area contributed by atoms with Gasteiger partial charge in [-0.25, -0.2) is 9.97 Å². The molecule has 0 aromatic carbocycles. The molecule has 0 spiro atoms. The van der Waals surface area contributed by atoms with Crippen LogP contribution in [-0.2, 0) is 6.54 Å². The number of hydrogen-bond donors (Lipinski definition) is 1. The molecule has 3 aromatic heterocycles. The van der Waals surface area contributed by atoms with Gasteiger partial charge in [-0.1, -0.05) is 0 Å². The molecular weight excluding hydrogens is 216 g/mol. The predicted octanol–water partition coefficient (Wildman–Crippen LogP) is 2.23. The largest absolute Gasteiger partial charge is 0.472 e. The molecule has 1 N–H and O–H groups in total. The summed E-state index contributed by atoms with van der Waals surface area (Å²) in [7, 11) is 0. The first-order valence-electron chi connectivity index (χ1n) is 5.24. The topological polar surface area (TPSA) is 63.8 Å². The Bertz CT molecular complexity index is 621. The third-order valence-corrected chi connectivity index (χ3v) is 2.39. The van der Waals surface area contributed by atoms with Gasteiger partial charge in [0.2, 0.25) is 0 Å². The molecule has 5 nitrogen and oxygen atoms in total. The lowest BCUT2D eigenvalue weighted by Crippen LogP contribution is -2.00. The maximum atomic E-state index is 4.99. The van der Waals surface area contributed by atoms with Crippen LogP contribution in [-0.4, -0.2) is 15.0 Å². The number of hydrogen-bond acceptors (Lipinski definition) is 5. The summed E-state index contributed by atoms with van der Waals surface area (Å²) >= 11 is 0. The molecule has 5 heteroatoms. The minimum absolute atomic E-state index is 0.643. The van der Waals surface area contributed by atoms with Crippen molar-refractivity contribution >= 4 is 17.0 Å².